The molecule has 1 fully saturated rings. The lowest BCUT2D eigenvalue weighted by molar-refractivity contribution is 0.106. The Kier molecular flexibility index (Phi) is 4.16. The van der Waals surface area contributed by atoms with Gasteiger partial charge in [-0.1, -0.05) is 24.3 Å². The molecule has 0 spiro atoms. The number of ether oxygens (including phenoxy) is 1. The largest absolute Gasteiger partial charge is 0.381 e. The Hall–Kier alpha value is -0.900. The van der Waals surface area contributed by atoms with E-state index in [1.807, 2.05) is 7.11 Å². The van der Waals surface area contributed by atoms with Crippen LogP contribution in [0.4, 0.5) is 0 Å². The molecule has 1 saturated carbocycles. The van der Waals surface area contributed by atoms with Crippen LogP contribution in [0.15, 0.2) is 24.3 Å². The molecule has 2 aliphatic rings. The van der Waals surface area contributed by atoms with Crippen LogP contribution in [0.3, 0.4) is 0 Å². The highest BCUT2D eigenvalue weighted by Gasteiger charge is 2.27. The molecule has 1 aliphatic carbocycles. The molecule has 2 N–H and O–H groups in total. The quantitative estimate of drug-likeness (QED) is 0.875. The minimum atomic E-state index is 0.455. The molecule has 3 rings (SSSR count). The normalized spacial score (nSPS) is 30.9. The van der Waals surface area contributed by atoms with Gasteiger partial charge in [-0.25, -0.2) is 0 Å². The smallest absolute Gasteiger partial charge is 0.0586 e. The lowest BCUT2D eigenvalue weighted by atomic mass is 9.98. The van der Waals surface area contributed by atoms with Crippen LogP contribution in [0.25, 0.3) is 0 Å². The van der Waals surface area contributed by atoms with Crippen molar-refractivity contribution in [2.45, 2.75) is 50.4 Å². The third-order valence-corrected chi connectivity index (χ3v) is 4.51. The van der Waals surface area contributed by atoms with Crippen molar-refractivity contribution in [3.63, 3.8) is 0 Å². The first-order valence-corrected chi connectivity index (χ1v) is 7.44. The molecular formula is C16H24N2O. The van der Waals surface area contributed by atoms with E-state index in [0.29, 0.717) is 18.2 Å². The number of fused-ring (bicyclic) bond motifs is 1. The summed E-state index contributed by atoms with van der Waals surface area (Å²) >= 11 is 0. The summed E-state index contributed by atoms with van der Waals surface area (Å²) in [7, 11) is 1.83. The number of hydrogen-bond acceptors (Lipinski definition) is 3. The second kappa shape index (κ2) is 6.04. The van der Waals surface area contributed by atoms with Crippen molar-refractivity contribution in [1.29, 1.82) is 0 Å². The molecule has 0 saturated heterocycles. The molecule has 1 aromatic rings. The molecule has 0 aromatic heterocycles. The average Bonchev–Trinajstić information content (AvgIpc) is 2.80. The molecule has 1 aliphatic heterocycles. The molecule has 1 aromatic carbocycles. The van der Waals surface area contributed by atoms with Gasteiger partial charge in [-0.2, -0.15) is 0 Å². The van der Waals surface area contributed by atoms with Crippen molar-refractivity contribution in [2.24, 2.45) is 0 Å². The van der Waals surface area contributed by atoms with Crippen molar-refractivity contribution in [2.75, 3.05) is 13.7 Å². The Morgan fingerprint density at radius 1 is 1.21 bits per heavy atom. The topological polar surface area (TPSA) is 33.3 Å². The lowest BCUT2D eigenvalue weighted by Crippen LogP contribution is -2.32. The van der Waals surface area contributed by atoms with E-state index in [1.54, 1.807) is 0 Å². The maximum Gasteiger partial charge on any atom is 0.0586 e. The Labute approximate surface area is 115 Å². The Morgan fingerprint density at radius 3 is 2.95 bits per heavy atom. The molecule has 0 amide bonds. The van der Waals surface area contributed by atoms with E-state index >= 15 is 0 Å². The summed E-state index contributed by atoms with van der Waals surface area (Å²) < 4.78 is 5.47. The molecular weight excluding hydrogens is 236 g/mol. The van der Waals surface area contributed by atoms with Gasteiger partial charge in [0.15, 0.2) is 0 Å². The molecule has 0 bridgehead atoms. The van der Waals surface area contributed by atoms with Gasteiger partial charge in [0.25, 0.3) is 0 Å². The average molecular weight is 260 g/mol. The van der Waals surface area contributed by atoms with Crippen LogP contribution in [0.5, 0.6) is 0 Å². The number of nitrogens with one attached hydrogen (secondary N) is 2. The minimum Gasteiger partial charge on any atom is -0.381 e. The molecule has 0 radical (unpaired) electrons. The van der Waals surface area contributed by atoms with Gasteiger partial charge in [0.05, 0.1) is 6.10 Å². The third-order valence-electron chi connectivity index (χ3n) is 4.51. The van der Waals surface area contributed by atoms with Crippen molar-refractivity contribution in [3.8, 4) is 0 Å². The molecule has 104 valence electrons. The zero-order chi connectivity index (χ0) is 13.1. The Balaban J connectivity index is 1.70. The summed E-state index contributed by atoms with van der Waals surface area (Å²) in [5, 5.41) is 7.37. The van der Waals surface area contributed by atoms with Gasteiger partial charge in [0.1, 0.15) is 0 Å². The Bertz CT molecular complexity index is 421. The van der Waals surface area contributed by atoms with E-state index in [4.69, 9.17) is 4.74 Å². The summed E-state index contributed by atoms with van der Waals surface area (Å²) in [4.78, 5) is 0. The molecule has 3 atom stereocenters. The fourth-order valence-corrected chi connectivity index (χ4v) is 3.42. The van der Waals surface area contributed by atoms with E-state index in [-0.39, 0.29) is 0 Å². The van der Waals surface area contributed by atoms with E-state index in [1.165, 1.54) is 30.4 Å². The maximum absolute atomic E-state index is 5.47. The second-order valence-electron chi connectivity index (χ2n) is 5.75. The van der Waals surface area contributed by atoms with Crippen LogP contribution in [0.2, 0.25) is 0 Å². The van der Waals surface area contributed by atoms with Crippen LogP contribution < -0.4 is 10.6 Å². The first-order chi connectivity index (χ1) is 9.36. The van der Waals surface area contributed by atoms with Crippen LogP contribution in [0, 0.1) is 0 Å². The summed E-state index contributed by atoms with van der Waals surface area (Å²) in [5.74, 6) is 0. The van der Waals surface area contributed by atoms with Gasteiger partial charge in [-0.3, -0.25) is 0 Å². The summed E-state index contributed by atoms with van der Waals surface area (Å²) in [5.41, 5.74) is 2.92. The number of hydrogen-bond donors (Lipinski definition) is 2. The van der Waals surface area contributed by atoms with Crippen LogP contribution >= 0.6 is 0 Å². The monoisotopic (exact) mass is 260 g/mol. The lowest BCUT2D eigenvalue weighted by Gasteiger charge is -2.23. The highest BCUT2D eigenvalue weighted by Crippen LogP contribution is 2.28. The first-order valence-electron chi connectivity index (χ1n) is 7.44. The Morgan fingerprint density at radius 2 is 2.11 bits per heavy atom. The predicted octanol–water partition coefficient (Wildman–Crippen LogP) is 2.38. The van der Waals surface area contributed by atoms with E-state index < -0.39 is 0 Å². The van der Waals surface area contributed by atoms with Crippen LogP contribution in [-0.4, -0.2) is 25.8 Å². The number of rotatable bonds is 3. The summed E-state index contributed by atoms with van der Waals surface area (Å²) in [6.45, 7) is 2.09. The van der Waals surface area contributed by atoms with E-state index in [9.17, 15) is 0 Å². The van der Waals surface area contributed by atoms with E-state index in [0.717, 1.165) is 19.5 Å². The van der Waals surface area contributed by atoms with Gasteiger partial charge < -0.3 is 15.4 Å². The third kappa shape index (κ3) is 2.99. The SMILES string of the molecule is COC1CCC(NC2CCNCc3ccccc32)C1. The van der Waals surface area contributed by atoms with Gasteiger partial charge in [-0.05, 0) is 43.4 Å². The summed E-state index contributed by atoms with van der Waals surface area (Å²) in [6.07, 6.45) is 5.22. The number of benzene rings is 1. The zero-order valence-electron chi connectivity index (χ0n) is 11.7. The molecule has 1 heterocycles. The highest BCUT2D eigenvalue weighted by molar-refractivity contribution is 5.31. The molecule has 3 unspecified atom stereocenters. The van der Waals surface area contributed by atoms with Crippen molar-refractivity contribution >= 4 is 0 Å². The fraction of sp³-hybridized carbons (Fsp3) is 0.625. The molecule has 3 nitrogen and oxygen atoms in total. The maximum atomic E-state index is 5.47. The van der Waals surface area contributed by atoms with E-state index in [2.05, 4.69) is 34.9 Å². The predicted molar refractivity (Wildman–Crippen MR) is 77.1 cm³/mol. The minimum absolute atomic E-state index is 0.455. The standard InChI is InChI=1S/C16H24N2O/c1-19-14-7-6-13(10-14)18-16-8-9-17-11-12-4-2-3-5-15(12)16/h2-5,13-14,16-18H,6-11H2,1H3. The van der Waals surface area contributed by atoms with Gasteiger partial charge in [0, 0.05) is 25.7 Å². The van der Waals surface area contributed by atoms with Gasteiger partial charge >= 0.3 is 0 Å². The first kappa shape index (κ1) is 13.1. The highest BCUT2D eigenvalue weighted by atomic mass is 16.5. The van der Waals surface area contributed by atoms with Crippen LogP contribution in [0.1, 0.15) is 42.9 Å². The van der Waals surface area contributed by atoms with Crippen molar-refractivity contribution in [3.05, 3.63) is 35.4 Å². The second-order valence-corrected chi connectivity index (χ2v) is 5.75. The van der Waals surface area contributed by atoms with Gasteiger partial charge in [-0.15, -0.1) is 0 Å². The van der Waals surface area contributed by atoms with Crippen LogP contribution in [-0.2, 0) is 11.3 Å². The fourth-order valence-electron chi connectivity index (χ4n) is 3.42. The summed E-state index contributed by atoms with van der Waals surface area (Å²) in [6, 6.07) is 9.93. The van der Waals surface area contributed by atoms with Gasteiger partial charge in [0.2, 0.25) is 0 Å². The zero-order valence-corrected chi connectivity index (χ0v) is 11.7. The molecule has 3 heteroatoms. The van der Waals surface area contributed by atoms with Crippen molar-refractivity contribution < 1.29 is 4.74 Å². The molecule has 19 heavy (non-hydrogen) atoms. The van der Waals surface area contributed by atoms with Crippen molar-refractivity contribution in [1.82, 2.24) is 10.6 Å². The number of methoxy groups -OCH3 is 1.